The second-order valence-corrected chi connectivity index (χ2v) is 7.89. The van der Waals surface area contributed by atoms with Crippen molar-refractivity contribution in [2.45, 2.75) is 31.3 Å². The lowest BCUT2D eigenvalue weighted by atomic mass is 10.2. The Morgan fingerprint density at radius 3 is 2.68 bits per heavy atom. The van der Waals surface area contributed by atoms with E-state index in [0.717, 1.165) is 12.8 Å². The molecular formula is C15H16ClN3O5S. The molecule has 3 rings (SSSR count). The molecule has 0 amide bonds. The highest BCUT2D eigenvalue weighted by molar-refractivity contribution is 7.89. The molecule has 0 atom stereocenters. The molecule has 2 aromatic rings. The van der Waals surface area contributed by atoms with Crippen LogP contribution >= 0.6 is 11.6 Å². The van der Waals surface area contributed by atoms with E-state index < -0.39 is 16.0 Å². The summed E-state index contributed by atoms with van der Waals surface area (Å²) in [5, 5.41) is 7.44. The highest BCUT2D eigenvalue weighted by Gasteiger charge is 2.28. The highest BCUT2D eigenvalue weighted by Crippen LogP contribution is 2.26. The number of esters is 1. The molecule has 2 heterocycles. The summed E-state index contributed by atoms with van der Waals surface area (Å²) in [6.07, 6.45) is 1.65. The average Bonchev–Trinajstić information content (AvgIpc) is 3.24. The van der Waals surface area contributed by atoms with Crippen LogP contribution in [-0.2, 0) is 21.4 Å². The van der Waals surface area contributed by atoms with Crippen LogP contribution in [0.3, 0.4) is 0 Å². The van der Waals surface area contributed by atoms with Crippen molar-refractivity contribution in [2.24, 2.45) is 0 Å². The number of halogens is 1. The first-order chi connectivity index (χ1) is 11.9. The Hall–Kier alpha value is -1.97. The van der Waals surface area contributed by atoms with E-state index in [1.165, 1.54) is 22.5 Å². The maximum atomic E-state index is 12.6. The summed E-state index contributed by atoms with van der Waals surface area (Å²) < 4.78 is 36.8. The summed E-state index contributed by atoms with van der Waals surface area (Å²) in [5.74, 6) is -0.273. The third kappa shape index (κ3) is 3.83. The molecule has 0 saturated carbocycles. The van der Waals surface area contributed by atoms with Gasteiger partial charge in [-0.15, -0.1) is 10.2 Å². The van der Waals surface area contributed by atoms with Crippen molar-refractivity contribution < 1.29 is 22.4 Å². The van der Waals surface area contributed by atoms with Crippen molar-refractivity contribution in [3.05, 3.63) is 40.6 Å². The van der Waals surface area contributed by atoms with Crippen LogP contribution in [0.2, 0.25) is 5.02 Å². The number of carbonyl (C=O) groups is 1. The number of aryl methyl sites for hydroxylation is 1. The van der Waals surface area contributed by atoms with E-state index in [0.29, 0.717) is 19.0 Å². The van der Waals surface area contributed by atoms with Gasteiger partial charge in [0.2, 0.25) is 15.9 Å². The molecule has 1 aliphatic heterocycles. The predicted molar refractivity (Wildman–Crippen MR) is 87.6 cm³/mol. The number of rotatable bonds is 5. The molecule has 1 saturated heterocycles. The van der Waals surface area contributed by atoms with Gasteiger partial charge >= 0.3 is 5.97 Å². The van der Waals surface area contributed by atoms with E-state index in [1.807, 2.05) is 0 Å². The van der Waals surface area contributed by atoms with Crippen LogP contribution < -0.4 is 0 Å². The van der Waals surface area contributed by atoms with Gasteiger partial charge < -0.3 is 9.15 Å². The van der Waals surface area contributed by atoms with Crippen molar-refractivity contribution in [3.8, 4) is 0 Å². The van der Waals surface area contributed by atoms with E-state index in [-0.39, 0.29) is 28.0 Å². The summed E-state index contributed by atoms with van der Waals surface area (Å²) in [5.41, 5.74) is -0.0295. The van der Waals surface area contributed by atoms with Gasteiger partial charge in [-0.3, -0.25) is 0 Å². The maximum absolute atomic E-state index is 12.6. The van der Waals surface area contributed by atoms with Gasteiger partial charge in [0.1, 0.15) is 0 Å². The molecule has 8 nitrogen and oxygen atoms in total. The Morgan fingerprint density at radius 2 is 2.04 bits per heavy atom. The fourth-order valence-corrected chi connectivity index (χ4v) is 4.24. The number of benzene rings is 1. The van der Waals surface area contributed by atoms with E-state index in [2.05, 4.69) is 10.2 Å². The number of hydrogen-bond donors (Lipinski definition) is 0. The Kier molecular flexibility index (Phi) is 5.07. The fourth-order valence-electron chi connectivity index (χ4n) is 2.50. The molecule has 0 spiro atoms. The minimum Gasteiger partial charge on any atom is -0.452 e. The molecule has 25 heavy (non-hydrogen) atoms. The third-order valence-electron chi connectivity index (χ3n) is 3.76. The molecule has 134 valence electrons. The standard InChI is InChI=1S/C15H16ClN3O5S/c1-10-17-18-14(24-10)9-23-15(20)12-8-11(4-5-13(12)16)25(21,22)19-6-2-3-7-19/h4-5,8H,2-3,6-7,9H2,1H3. The van der Waals surface area contributed by atoms with Crippen molar-refractivity contribution in [1.29, 1.82) is 0 Å². The molecule has 1 fully saturated rings. The number of sulfonamides is 1. The van der Waals surface area contributed by atoms with Gasteiger partial charge in [0.25, 0.3) is 5.89 Å². The molecule has 1 aromatic carbocycles. The molecule has 1 aliphatic rings. The van der Waals surface area contributed by atoms with Crippen molar-refractivity contribution in [1.82, 2.24) is 14.5 Å². The Bertz CT molecular complexity index is 890. The molecule has 0 radical (unpaired) electrons. The molecule has 10 heteroatoms. The first-order valence-electron chi connectivity index (χ1n) is 7.64. The van der Waals surface area contributed by atoms with Crippen molar-refractivity contribution in [3.63, 3.8) is 0 Å². The summed E-state index contributed by atoms with van der Waals surface area (Å²) in [7, 11) is -3.65. The fraction of sp³-hybridized carbons (Fsp3) is 0.400. The number of nitrogens with zero attached hydrogens (tertiary/aromatic N) is 3. The van der Waals surface area contributed by atoms with E-state index >= 15 is 0 Å². The summed E-state index contributed by atoms with van der Waals surface area (Å²) in [6.45, 7) is 2.34. The highest BCUT2D eigenvalue weighted by atomic mass is 35.5. The van der Waals surface area contributed by atoms with Crippen LogP contribution in [-0.4, -0.2) is 42.0 Å². The zero-order valence-electron chi connectivity index (χ0n) is 13.4. The lowest BCUT2D eigenvalue weighted by Crippen LogP contribution is -2.28. The van der Waals surface area contributed by atoms with Crippen LogP contribution in [0.25, 0.3) is 0 Å². The number of aromatic nitrogens is 2. The molecule has 0 unspecified atom stereocenters. The third-order valence-corrected chi connectivity index (χ3v) is 5.98. The number of carbonyl (C=O) groups excluding carboxylic acids is 1. The Balaban J connectivity index is 1.80. The van der Waals surface area contributed by atoms with Gasteiger partial charge in [-0.05, 0) is 31.0 Å². The average molecular weight is 386 g/mol. The lowest BCUT2D eigenvalue weighted by Gasteiger charge is -2.16. The zero-order chi connectivity index (χ0) is 18.0. The predicted octanol–water partition coefficient (Wildman–Crippen LogP) is 2.17. The largest absolute Gasteiger partial charge is 0.452 e. The second-order valence-electron chi connectivity index (χ2n) is 5.54. The number of ether oxygens (including phenoxy) is 1. The van der Waals surface area contributed by atoms with Crippen molar-refractivity contribution >= 4 is 27.6 Å². The molecule has 0 N–H and O–H groups in total. The van der Waals surface area contributed by atoms with Crippen LogP contribution in [0, 0.1) is 6.92 Å². The van der Waals surface area contributed by atoms with Gasteiger partial charge in [0.15, 0.2) is 6.61 Å². The van der Waals surface area contributed by atoms with Gasteiger partial charge in [0.05, 0.1) is 15.5 Å². The number of hydrogen-bond acceptors (Lipinski definition) is 7. The minimum atomic E-state index is -3.65. The summed E-state index contributed by atoms with van der Waals surface area (Å²) in [6, 6.07) is 3.99. The molecule has 1 aromatic heterocycles. The minimum absolute atomic E-state index is 0.0133. The Labute approximate surface area is 149 Å². The first-order valence-corrected chi connectivity index (χ1v) is 9.45. The molecule has 0 aliphatic carbocycles. The zero-order valence-corrected chi connectivity index (χ0v) is 15.0. The van der Waals surface area contributed by atoms with Crippen LogP contribution in [0.5, 0.6) is 0 Å². The van der Waals surface area contributed by atoms with Gasteiger partial charge in [-0.25, -0.2) is 13.2 Å². The quantitative estimate of drug-likeness (QED) is 0.726. The lowest BCUT2D eigenvalue weighted by molar-refractivity contribution is 0.0436. The van der Waals surface area contributed by atoms with Gasteiger partial charge in [-0.1, -0.05) is 11.6 Å². The van der Waals surface area contributed by atoms with Crippen LogP contribution in [0.15, 0.2) is 27.5 Å². The normalized spacial score (nSPS) is 15.4. The monoisotopic (exact) mass is 385 g/mol. The van der Waals surface area contributed by atoms with E-state index in [1.54, 1.807) is 6.92 Å². The topological polar surface area (TPSA) is 103 Å². The van der Waals surface area contributed by atoms with Gasteiger partial charge in [0, 0.05) is 20.0 Å². The first kappa shape index (κ1) is 17.8. The van der Waals surface area contributed by atoms with E-state index in [9.17, 15) is 13.2 Å². The smallest absolute Gasteiger partial charge is 0.340 e. The van der Waals surface area contributed by atoms with Gasteiger partial charge in [-0.2, -0.15) is 4.31 Å². The van der Waals surface area contributed by atoms with Crippen LogP contribution in [0.1, 0.15) is 35.0 Å². The Morgan fingerprint density at radius 1 is 1.32 bits per heavy atom. The SMILES string of the molecule is Cc1nnc(COC(=O)c2cc(S(=O)(=O)N3CCCC3)ccc2Cl)o1. The summed E-state index contributed by atoms with van der Waals surface area (Å²) in [4.78, 5) is 12.3. The maximum Gasteiger partial charge on any atom is 0.340 e. The molecule has 0 bridgehead atoms. The van der Waals surface area contributed by atoms with Crippen molar-refractivity contribution in [2.75, 3.05) is 13.1 Å². The molecular weight excluding hydrogens is 370 g/mol. The van der Waals surface area contributed by atoms with E-state index in [4.69, 9.17) is 20.8 Å². The summed E-state index contributed by atoms with van der Waals surface area (Å²) >= 11 is 6.03. The van der Waals surface area contributed by atoms with Crippen LogP contribution in [0.4, 0.5) is 0 Å². The second kappa shape index (κ2) is 7.11.